The van der Waals surface area contributed by atoms with Crippen LogP contribution in [0, 0.1) is 0 Å². The average molecular weight is 366 g/mol. The molecule has 7 nitrogen and oxygen atoms in total. The molecule has 5 N–H and O–H groups in total. The first-order chi connectivity index (χ1) is 13.1. The minimum atomic E-state index is -0.307. The molecule has 1 heterocycles. The van der Waals surface area contributed by atoms with Gasteiger partial charge in [-0.2, -0.15) is 0 Å². The van der Waals surface area contributed by atoms with Crippen LogP contribution >= 0.6 is 0 Å². The number of nitrogens with two attached hydrogens (primary N) is 1. The van der Waals surface area contributed by atoms with Crippen molar-refractivity contribution in [1.29, 1.82) is 0 Å². The first kappa shape index (κ1) is 18.5. The van der Waals surface area contributed by atoms with Gasteiger partial charge in [0.05, 0.1) is 18.4 Å². The molecule has 7 heteroatoms. The molecule has 0 aliphatic carbocycles. The third-order valence-electron chi connectivity index (χ3n) is 4.21. The van der Waals surface area contributed by atoms with Gasteiger partial charge in [0, 0.05) is 29.2 Å². The lowest BCUT2D eigenvalue weighted by Crippen LogP contribution is -2.26. The molecule has 3 aromatic rings. The number of ether oxygens (including phenoxy) is 1. The van der Waals surface area contributed by atoms with Crippen molar-refractivity contribution in [2.45, 2.75) is 6.42 Å². The molecular weight excluding hydrogens is 344 g/mol. The van der Waals surface area contributed by atoms with E-state index in [1.807, 2.05) is 24.3 Å². The minimum Gasteiger partial charge on any atom is -0.496 e. The maximum absolute atomic E-state index is 12.7. The molecular formula is C20H22N4O3. The van der Waals surface area contributed by atoms with Gasteiger partial charge in [0.1, 0.15) is 5.75 Å². The van der Waals surface area contributed by atoms with Gasteiger partial charge in [0.15, 0.2) is 0 Å². The smallest absolute Gasteiger partial charge is 0.255 e. The largest absolute Gasteiger partial charge is 0.496 e. The van der Waals surface area contributed by atoms with E-state index >= 15 is 0 Å². The molecule has 1 aromatic heterocycles. The molecule has 0 fully saturated rings. The van der Waals surface area contributed by atoms with Crippen molar-refractivity contribution in [3.8, 4) is 5.75 Å². The number of amides is 2. The molecule has 2 amide bonds. The zero-order valence-corrected chi connectivity index (χ0v) is 15.0. The van der Waals surface area contributed by atoms with Crippen LogP contribution in [0.25, 0.3) is 10.9 Å². The lowest BCUT2D eigenvalue weighted by molar-refractivity contribution is 0.0950. The number of carbonyl (C=O) groups excluding carboxylic acids is 2. The third kappa shape index (κ3) is 4.09. The summed E-state index contributed by atoms with van der Waals surface area (Å²) in [6.45, 7) is 0.953. The van der Waals surface area contributed by atoms with Crippen LogP contribution in [0.3, 0.4) is 0 Å². The third-order valence-corrected chi connectivity index (χ3v) is 4.21. The van der Waals surface area contributed by atoms with Crippen molar-refractivity contribution in [2.24, 2.45) is 5.73 Å². The van der Waals surface area contributed by atoms with Gasteiger partial charge in [0.2, 0.25) is 0 Å². The summed E-state index contributed by atoms with van der Waals surface area (Å²) >= 11 is 0. The maximum Gasteiger partial charge on any atom is 0.255 e. The fraction of sp³-hybridized carbons (Fsp3) is 0.200. The van der Waals surface area contributed by atoms with E-state index in [1.54, 1.807) is 18.3 Å². The van der Waals surface area contributed by atoms with Crippen LogP contribution in [-0.2, 0) is 0 Å². The van der Waals surface area contributed by atoms with Gasteiger partial charge < -0.3 is 26.1 Å². The summed E-state index contributed by atoms with van der Waals surface area (Å²) in [6, 6.07) is 12.4. The van der Waals surface area contributed by atoms with Gasteiger partial charge >= 0.3 is 0 Å². The maximum atomic E-state index is 12.7. The Balaban J connectivity index is 1.82. The highest BCUT2D eigenvalue weighted by atomic mass is 16.5. The Morgan fingerprint density at radius 3 is 2.74 bits per heavy atom. The summed E-state index contributed by atoms with van der Waals surface area (Å²) in [4.78, 5) is 28.2. The Morgan fingerprint density at radius 2 is 1.96 bits per heavy atom. The topological polar surface area (TPSA) is 109 Å². The molecule has 0 atom stereocenters. The molecule has 3 rings (SSSR count). The quantitative estimate of drug-likeness (QED) is 0.482. The Labute approximate surface area is 156 Å². The second-order valence-corrected chi connectivity index (χ2v) is 6.02. The van der Waals surface area contributed by atoms with Crippen LogP contribution in [0.4, 0.5) is 5.69 Å². The van der Waals surface area contributed by atoms with Crippen LogP contribution in [0.2, 0.25) is 0 Å². The number of fused-ring (bicyclic) bond motifs is 1. The normalized spacial score (nSPS) is 10.6. The fourth-order valence-corrected chi connectivity index (χ4v) is 2.80. The first-order valence-corrected chi connectivity index (χ1v) is 8.68. The first-order valence-electron chi connectivity index (χ1n) is 8.68. The average Bonchev–Trinajstić information content (AvgIpc) is 3.10. The standard InChI is InChI=1S/C20H22N4O3/c1-27-18-8-7-13(11-15(18)20(26)22-10-4-9-21)19(25)24-17-12-23-16-6-3-2-5-14(16)17/h2-3,5-8,11-12,23H,4,9-10,21H2,1H3,(H,22,26)(H,24,25). The van der Waals surface area contributed by atoms with Crippen molar-refractivity contribution in [2.75, 3.05) is 25.5 Å². The van der Waals surface area contributed by atoms with Crippen molar-refractivity contribution >= 4 is 28.4 Å². The molecule has 2 aromatic carbocycles. The molecule has 0 unspecified atom stereocenters. The zero-order chi connectivity index (χ0) is 19.2. The molecule has 0 radical (unpaired) electrons. The van der Waals surface area contributed by atoms with Crippen molar-refractivity contribution < 1.29 is 14.3 Å². The number of hydrogen-bond donors (Lipinski definition) is 4. The predicted molar refractivity (Wildman–Crippen MR) is 105 cm³/mol. The van der Waals surface area contributed by atoms with E-state index in [9.17, 15) is 9.59 Å². The lowest BCUT2D eigenvalue weighted by Gasteiger charge is -2.11. The number of aromatic nitrogens is 1. The van der Waals surface area contributed by atoms with E-state index < -0.39 is 0 Å². The van der Waals surface area contributed by atoms with E-state index in [-0.39, 0.29) is 11.8 Å². The number of hydrogen-bond acceptors (Lipinski definition) is 4. The number of methoxy groups -OCH3 is 1. The number of para-hydroxylation sites is 1. The van der Waals surface area contributed by atoms with Gasteiger partial charge in [-0.05, 0) is 37.2 Å². The summed E-state index contributed by atoms with van der Waals surface area (Å²) in [7, 11) is 1.48. The number of anilines is 1. The zero-order valence-electron chi connectivity index (χ0n) is 15.0. The van der Waals surface area contributed by atoms with Crippen LogP contribution < -0.4 is 21.1 Å². The van der Waals surface area contributed by atoms with Crippen LogP contribution in [0.15, 0.2) is 48.7 Å². The molecule has 27 heavy (non-hydrogen) atoms. The summed E-state index contributed by atoms with van der Waals surface area (Å²) in [5.74, 6) is -0.204. The Bertz CT molecular complexity index is 965. The van der Waals surface area contributed by atoms with E-state index in [2.05, 4.69) is 15.6 Å². The molecule has 0 saturated carbocycles. The Kier molecular flexibility index (Phi) is 5.73. The molecule has 0 bridgehead atoms. The molecule has 0 aliphatic rings. The molecule has 0 spiro atoms. The molecule has 0 aliphatic heterocycles. The fourth-order valence-electron chi connectivity index (χ4n) is 2.80. The van der Waals surface area contributed by atoms with E-state index in [1.165, 1.54) is 13.2 Å². The monoisotopic (exact) mass is 366 g/mol. The van der Waals surface area contributed by atoms with Crippen molar-refractivity contribution in [1.82, 2.24) is 10.3 Å². The van der Waals surface area contributed by atoms with Gasteiger partial charge in [-0.1, -0.05) is 18.2 Å². The summed E-state index contributed by atoms with van der Waals surface area (Å²) in [5, 5.41) is 6.57. The highest BCUT2D eigenvalue weighted by molar-refractivity contribution is 6.10. The van der Waals surface area contributed by atoms with Crippen molar-refractivity contribution in [3.05, 3.63) is 59.8 Å². The lowest BCUT2D eigenvalue weighted by atomic mass is 10.1. The van der Waals surface area contributed by atoms with E-state index in [0.717, 1.165) is 10.9 Å². The Morgan fingerprint density at radius 1 is 1.15 bits per heavy atom. The highest BCUT2D eigenvalue weighted by Gasteiger charge is 2.16. The molecule has 140 valence electrons. The summed E-state index contributed by atoms with van der Waals surface area (Å²) in [6.07, 6.45) is 2.42. The van der Waals surface area contributed by atoms with E-state index in [4.69, 9.17) is 10.5 Å². The number of nitrogens with one attached hydrogen (secondary N) is 3. The number of benzene rings is 2. The van der Waals surface area contributed by atoms with Crippen LogP contribution in [0.1, 0.15) is 27.1 Å². The van der Waals surface area contributed by atoms with Gasteiger partial charge in [-0.15, -0.1) is 0 Å². The Hall–Kier alpha value is -3.32. The van der Waals surface area contributed by atoms with Gasteiger partial charge in [0.25, 0.3) is 11.8 Å². The predicted octanol–water partition coefficient (Wildman–Crippen LogP) is 2.51. The van der Waals surface area contributed by atoms with Crippen LogP contribution in [0.5, 0.6) is 5.75 Å². The number of carbonyl (C=O) groups is 2. The number of rotatable bonds is 7. The second kappa shape index (κ2) is 8.37. The van der Waals surface area contributed by atoms with Crippen molar-refractivity contribution in [3.63, 3.8) is 0 Å². The highest BCUT2D eigenvalue weighted by Crippen LogP contribution is 2.24. The van der Waals surface area contributed by atoms with E-state index in [0.29, 0.717) is 42.1 Å². The molecule has 0 saturated heterocycles. The summed E-state index contributed by atoms with van der Waals surface area (Å²) < 4.78 is 5.25. The van der Waals surface area contributed by atoms with Gasteiger partial charge in [-0.3, -0.25) is 9.59 Å². The van der Waals surface area contributed by atoms with Crippen LogP contribution in [-0.4, -0.2) is 37.0 Å². The number of H-pyrrole nitrogens is 1. The second-order valence-electron chi connectivity index (χ2n) is 6.02. The minimum absolute atomic E-state index is 0.304. The SMILES string of the molecule is COc1ccc(C(=O)Nc2c[nH]c3ccccc23)cc1C(=O)NCCCN. The van der Waals surface area contributed by atoms with Gasteiger partial charge in [-0.25, -0.2) is 0 Å². The number of aromatic amines is 1. The summed E-state index contributed by atoms with van der Waals surface area (Å²) in [5.41, 5.74) is 7.73.